The monoisotopic (exact) mass is 242 g/mol. The number of benzene rings is 1. The molecule has 0 aliphatic rings. The standard InChI is InChI=1S/C9H10N2O6/c1-16-4-5-17-7-2-3-8(10(12)13)9(6-7)11(14)15/h2-3,6H,4-5H2,1H3. The van der Waals surface area contributed by atoms with E-state index >= 15 is 0 Å². The van der Waals surface area contributed by atoms with Gasteiger partial charge >= 0.3 is 11.4 Å². The molecule has 0 fully saturated rings. The highest BCUT2D eigenvalue weighted by Gasteiger charge is 2.24. The third kappa shape index (κ3) is 3.38. The molecule has 1 rings (SSSR count). The van der Waals surface area contributed by atoms with Crippen molar-refractivity contribution in [2.75, 3.05) is 20.3 Å². The summed E-state index contributed by atoms with van der Waals surface area (Å²) in [5, 5.41) is 21.2. The summed E-state index contributed by atoms with van der Waals surface area (Å²) in [6.45, 7) is 0.538. The maximum Gasteiger partial charge on any atom is 0.349 e. The second-order valence-electron chi connectivity index (χ2n) is 3.01. The molecule has 0 aromatic heterocycles. The van der Waals surface area contributed by atoms with Crippen molar-refractivity contribution in [2.45, 2.75) is 0 Å². The first kappa shape index (κ1) is 12.8. The number of nitrogens with zero attached hydrogens (tertiary/aromatic N) is 2. The van der Waals surface area contributed by atoms with Gasteiger partial charge in [0.25, 0.3) is 0 Å². The van der Waals surface area contributed by atoms with E-state index < -0.39 is 21.2 Å². The molecular formula is C9H10N2O6. The highest BCUT2D eigenvalue weighted by atomic mass is 16.6. The number of rotatable bonds is 6. The molecule has 0 radical (unpaired) electrons. The van der Waals surface area contributed by atoms with Crippen molar-refractivity contribution in [3.8, 4) is 5.75 Å². The third-order valence-electron chi connectivity index (χ3n) is 1.90. The second kappa shape index (κ2) is 5.75. The maximum absolute atomic E-state index is 10.6. The van der Waals surface area contributed by atoms with Gasteiger partial charge in [-0.05, 0) is 6.07 Å². The van der Waals surface area contributed by atoms with E-state index in [2.05, 4.69) is 0 Å². The fraction of sp³-hybridized carbons (Fsp3) is 0.333. The van der Waals surface area contributed by atoms with Crippen LogP contribution in [-0.2, 0) is 4.74 Å². The molecule has 8 nitrogen and oxygen atoms in total. The lowest BCUT2D eigenvalue weighted by molar-refractivity contribution is -0.422. The zero-order valence-electron chi connectivity index (χ0n) is 8.99. The van der Waals surface area contributed by atoms with Gasteiger partial charge in [-0.3, -0.25) is 20.2 Å². The van der Waals surface area contributed by atoms with Crippen LogP contribution in [0.3, 0.4) is 0 Å². The number of hydrogen-bond donors (Lipinski definition) is 0. The first-order chi connectivity index (χ1) is 8.06. The number of hydrogen-bond acceptors (Lipinski definition) is 6. The van der Waals surface area contributed by atoms with Gasteiger partial charge in [0, 0.05) is 13.2 Å². The number of nitro groups is 2. The Kier molecular flexibility index (Phi) is 4.35. The van der Waals surface area contributed by atoms with E-state index in [4.69, 9.17) is 9.47 Å². The zero-order valence-corrected chi connectivity index (χ0v) is 8.99. The van der Waals surface area contributed by atoms with Crippen LogP contribution in [0.15, 0.2) is 18.2 Å². The van der Waals surface area contributed by atoms with Gasteiger partial charge in [-0.15, -0.1) is 0 Å². The lowest BCUT2D eigenvalue weighted by atomic mass is 10.2. The van der Waals surface area contributed by atoms with Crippen molar-refractivity contribution < 1.29 is 19.3 Å². The van der Waals surface area contributed by atoms with Crippen molar-refractivity contribution in [2.24, 2.45) is 0 Å². The predicted octanol–water partition coefficient (Wildman–Crippen LogP) is 1.53. The van der Waals surface area contributed by atoms with Gasteiger partial charge in [-0.2, -0.15) is 0 Å². The third-order valence-corrected chi connectivity index (χ3v) is 1.90. The summed E-state index contributed by atoms with van der Waals surface area (Å²) < 4.78 is 9.86. The number of nitro benzene ring substituents is 2. The molecule has 92 valence electrons. The fourth-order valence-corrected chi connectivity index (χ4v) is 1.14. The lowest BCUT2D eigenvalue weighted by Crippen LogP contribution is -2.05. The Morgan fingerprint density at radius 2 is 1.76 bits per heavy atom. The van der Waals surface area contributed by atoms with Gasteiger partial charge in [-0.1, -0.05) is 0 Å². The fourth-order valence-electron chi connectivity index (χ4n) is 1.14. The topological polar surface area (TPSA) is 105 Å². The van der Waals surface area contributed by atoms with E-state index in [0.29, 0.717) is 6.61 Å². The van der Waals surface area contributed by atoms with E-state index in [1.807, 2.05) is 0 Å². The number of methoxy groups -OCH3 is 1. The van der Waals surface area contributed by atoms with E-state index in [1.165, 1.54) is 13.2 Å². The Morgan fingerprint density at radius 1 is 1.12 bits per heavy atom. The molecule has 0 saturated heterocycles. The number of ether oxygens (including phenoxy) is 2. The van der Waals surface area contributed by atoms with Crippen LogP contribution in [0.25, 0.3) is 0 Å². The van der Waals surface area contributed by atoms with E-state index in [-0.39, 0.29) is 12.4 Å². The molecule has 0 aliphatic carbocycles. The molecule has 0 heterocycles. The molecule has 0 saturated carbocycles. The minimum Gasteiger partial charge on any atom is -0.491 e. The minimum absolute atomic E-state index is 0.194. The summed E-state index contributed by atoms with van der Waals surface area (Å²) >= 11 is 0. The molecule has 1 aromatic carbocycles. The van der Waals surface area contributed by atoms with E-state index in [1.54, 1.807) is 0 Å². The Bertz CT molecular complexity index is 433. The van der Waals surface area contributed by atoms with Crippen molar-refractivity contribution in [1.29, 1.82) is 0 Å². The average Bonchev–Trinajstić information content (AvgIpc) is 2.29. The molecule has 17 heavy (non-hydrogen) atoms. The average molecular weight is 242 g/mol. The molecule has 0 spiro atoms. The van der Waals surface area contributed by atoms with Crippen molar-refractivity contribution in [3.05, 3.63) is 38.4 Å². The predicted molar refractivity (Wildman–Crippen MR) is 57.1 cm³/mol. The van der Waals surface area contributed by atoms with Crippen LogP contribution >= 0.6 is 0 Å². The van der Waals surface area contributed by atoms with Gasteiger partial charge in [-0.25, -0.2) is 0 Å². The van der Waals surface area contributed by atoms with E-state index in [9.17, 15) is 20.2 Å². The maximum atomic E-state index is 10.6. The van der Waals surface area contributed by atoms with Crippen LogP contribution in [0.5, 0.6) is 5.75 Å². The normalized spacial score (nSPS) is 9.94. The Hall–Kier alpha value is -2.22. The summed E-state index contributed by atoms with van der Waals surface area (Å²) in [5.41, 5.74) is -1.15. The van der Waals surface area contributed by atoms with Crippen LogP contribution in [0, 0.1) is 20.2 Å². The van der Waals surface area contributed by atoms with Gasteiger partial charge in [0.1, 0.15) is 12.4 Å². The summed E-state index contributed by atoms with van der Waals surface area (Å²) in [6.07, 6.45) is 0. The van der Waals surface area contributed by atoms with Crippen molar-refractivity contribution >= 4 is 11.4 Å². The largest absolute Gasteiger partial charge is 0.491 e. The molecule has 1 aromatic rings. The summed E-state index contributed by atoms with van der Waals surface area (Å²) in [7, 11) is 1.49. The van der Waals surface area contributed by atoms with Crippen molar-refractivity contribution in [3.63, 3.8) is 0 Å². The molecule has 0 aliphatic heterocycles. The highest BCUT2D eigenvalue weighted by Crippen LogP contribution is 2.30. The molecule has 0 amide bonds. The van der Waals surface area contributed by atoms with E-state index in [0.717, 1.165) is 12.1 Å². The highest BCUT2D eigenvalue weighted by molar-refractivity contribution is 5.55. The molecular weight excluding hydrogens is 232 g/mol. The first-order valence-corrected chi connectivity index (χ1v) is 4.61. The van der Waals surface area contributed by atoms with Gasteiger partial charge in [0.05, 0.1) is 22.5 Å². The quantitative estimate of drug-likeness (QED) is 0.425. The van der Waals surface area contributed by atoms with Gasteiger partial charge in [0.2, 0.25) is 0 Å². The molecule has 0 bridgehead atoms. The Morgan fingerprint density at radius 3 is 2.29 bits per heavy atom. The summed E-state index contributed by atoms with van der Waals surface area (Å²) in [5.74, 6) is 0.194. The molecule has 8 heteroatoms. The van der Waals surface area contributed by atoms with Crippen LogP contribution in [0.1, 0.15) is 0 Å². The molecule has 0 atom stereocenters. The van der Waals surface area contributed by atoms with Gasteiger partial charge < -0.3 is 9.47 Å². The summed E-state index contributed by atoms with van der Waals surface area (Å²) in [4.78, 5) is 19.5. The second-order valence-corrected chi connectivity index (χ2v) is 3.01. The molecule has 0 unspecified atom stereocenters. The summed E-state index contributed by atoms with van der Waals surface area (Å²) in [6, 6.07) is 3.37. The first-order valence-electron chi connectivity index (χ1n) is 4.61. The smallest absolute Gasteiger partial charge is 0.349 e. The Balaban J connectivity index is 2.94. The van der Waals surface area contributed by atoms with Crippen LogP contribution in [0.4, 0.5) is 11.4 Å². The van der Waals surface area contributed by atoms with Crippen molar-refractivity contribution in [1.82, 2.24) is 0 Å². The SMILES string of the molecule is COCCOc1ccc([N+](=O)[O-])c([N+](=O)[O-])c1. The van der Waals surface area contributed by atoms with Gasteiger partial charge in [0.15, 0.2) is 0 Å². The minimum atomic E-state index is -0.818. The molecule has 0 N–H and O–H groups in total. The van der Waals surface area contributed by atoms with Crippen LogP contribution in [-0.4, -0.2) is 30.2 Å². The zero-order chi connectivity index (χ0) is 12.8. The Labute approximate surface area is 96.1 Å². The van der Waals surface area contributed by atoms with Crippen LogP contribution < -0.4 is 4.74 Å². The van der Waals surface area contributed by atoms with Crippen LogP contribution in [0.2, 0.25) is 0 Å². The lowest BCUT2D eigenvalue weighted by Gasteiger charge is -2.04.